The number of furan rings is 1. The number of amides is 4. The molecule has 3 rings (SSSR count). The Labute approximate surface area is 157 Å². The van der Waals surface area contributed by atoms with Crippen LogP contribution in [-0.2, 0) is 16.1 Å². The molecular weight excluding hydrogens is 344 g/mol. The molecule has 1 saturated heterocycles. The lowest BCUT2D eigenvalue weighted by Crippen LogP contribution is -2.58. The van der Waals surface area contributed by atoms with E-state index >= 15 is 0 Å². The van der Waals surface area contributed by atoms with Crippen LogP contribution in [0.5, 0.6) is 0 Å². The second kappa shape index (κ2) is 7.86. The van der Waals surface area contributed by atoms with E-state index in [1.807, 2.05) is 30.3 Å². The second-order valence-corrected chi connectivity index (χ2v) is 6.37. The Morgan fingerprint density at radius 3 is 2.37 bits per heavy atom. The molecule has 0 saturated carbocycles. The molecule has 6 heteroatoms. The number of nitrogens with zero attached hydrogens (tertiary/aromatic N) is 2. The molecule has 1 fully saturated rings. The van der Waals surface area contributed by atoms with Crippen molar-refractivity contribution in [2.75, 3.05) is 0 Å². The number of barbiturate groups is 1. The molecule has 1 aromatic heterocycles. The molecule has 1 aromatic carbocycles. The van der Waals surface area contributed by atoms with Gasteiger partial charge in [0.25, 0.3) is 11.8 Å². The minimum absolute atomic E-state index is 0.0269. The zero-order chi connectivity index (χ0) is 19.4. The fourth-order valence-electron chi connectivity index (χ4n) is 2.79. The van der Waals surface area contributed by atoms with Gasteiger partial charge < -0.3 is 4.42 Å². The van der Waals surface area contributed by atoms with Gasteiger partial charge in [-0.25, -0.2) is 4.79 Å². The summed E-state index contributed by atoms with van der Waals surface area (Å²) >= 11 is 0. The van der Waals surface area contributed by atoms with Gasteiger partial charge in [-0.1, -0.05) is 42.5 Å². The van der Waals surface area contributed by atoms with Crippen molar-refractivity contribution in [3.05, 3.63) is 77.8 Å². The summed E-state index contributed by atoms with van der Waals surface area (Å²) in [6.45, 7) is 3.43. The first kappa shape index (κ1) is 18.4. The van der Waals surface area contributed by atoms with Crippen LogP contribution >= 0.6 is 0 Å². The molecule has 1 aliphatic rings. The maximum atomic E-state index is 12.8. The third-order valence-electron chi connectivity index (χ3n) is 4.12. The normalized spacial score (nSPS) is 17.0. The van der Waals surface area contributed by atoms with Gasteiger partial charge in [0.05, 0.1) is 12.8 Å². The van der Waals surface area contributed by atoms with Gasteiger partial charge in [0.15, 0.2) is 0 Å². The molecular formula is C21H20N2O4. The fourth-order valence-corrected chi connectivity index (χ4v) is 2.79. The highest BCUT2D eigenvalue weighted by molar-refractivity contribution is 6.28. The molecule has 0 atom stereocenters. The van der Waals surface area contributed by atoms with Crippen molar-refractivity contribution in [2.24, 2.45) is 0 Å². The number of benzene rings is 1. The van der Waals surface area contributed by atoms with E-state index in [0.717, 1.165) is 15.4 Å². The largest absolute Gasteiger partial charge is 0.467 e. The van der Waals surface area contributed by atoms with Crippen molar-refractivity contribution in [1.82, 2.24) is 9.80 Å². The molecule has 0 bridgehead atoms. The average molecular weight is 364 g/mol. The van der Waals surface area contributed by atoms with Crippen LogP contribution in [0, 0.1) is 0 Å². The van der Waals surface area contributed by atoms with Crippen molar-refractivity contribution in [3.8, 4) is 0 Å². The number of rotatable bonds is 5. The van der Waals surface area contributed by atoms with Gasteiger partial charge in [-0.05, 0) is 37.6 Å². The van der Waals surface area contributed by atoms with Crippen LogP contribution in [0.25, 0.3) is 6.08 Å². The Kier molecular flexibility index (Phi) is 5.35. The molecule has 0 unspecified atom stereocenters. The van der Waals surface area contributed by atoms with E-state index in [9.17, 15) is 14.4 Å². The average Bonchev–Trinajstić information content (AvgIpc) is 3.15. The van der Waals surface area contributed by atoms with Gasteiger partial charge in [0.2, 0.25) is 0 Å². The molecule has 0 N–H and O–H groups in total. The monoisotopic (exact) mass is 364 g/mol. The van der Waals surface area contributed by atoms with Crippen molar-refractivity contribution < 1.29 is 18.8 Å². The SMILES string of the molecule is CC(C)N1C(=O)C(=CC=Cc2ccccc2)C(=O)N(Cc2ccco2)C1=O. The summed E-state index contributed by atoms with van der Waals surface area (Å²) in [4.78, 5) is 40.3. The number of allylic oxidation sites excluding steroid dienone is 2. The number of urea groups is 1. The first-order valence-electron chi connectivity index (χ1n) is 8.64. The Morgan fingerprint density at radius 1 is 1.00 bits per heavy atom. The lowest BCUT2D eigenvalue weighted by Gasteiger charge is -2.35. The van der Waals surface area contributed by atoms with Crippen LogP contribution in [0.2, 0.25) is 0 Å². The standard InChI is InChI=1S/C21H20N2O4/c1-15(2)23-20(25)18(12-6-10-16-8-4-3-5-9-16)19(24)22(21(23)26)14-17-11-7-13-27-17/h3-13,15H,14H2,1-2H3. The number of carbonyl (C=O) groups excluding carboxylic acids is 3. The molecule has 6 nitrogen and oxygen atoms in total. The van der Waals surface area contributed by atoms with Gasteiger partial charge in [0.1, 0.15) is 11.3 Å². The molecule has 0 radical (unpaired) electrons. The summed E-state index contributed by atoms with van der Waals surface area (Å²) < 4.78 is 5.25. The van der Waals surface area contributed by atoms with Crippen LogP contribution in [0.15, 0.2) is 70.9 Å². The van der Waals surface area contributed by atoms with Crippen molar-refractivity contribution in [2.45, 2.75) is 26.4 Å². The summed E-state index contributed by atoms with van der Waals surface area (Å²) in [5.41, 5.74) is 0.885. The highest BCUT2D eigenvalue weighted by Gasteiger charge is 2.43. The van der Waals surface area contributed by atoms with Gasteiger partial charge in [-0.3, -0.25) is 19.4 Å². The Bertz CT molecular complexity index is 896. The molecule has 2 aromatic rings. The summed E-state index contributed by atoms with van der Waals surface area (Å²) in [6, 6.07) is 11.9. The predicted octanol–water partition coefficient (Wildman–Crippen LogP) is 3.62. The van der Waals surface area contributed by atoms with E-state index in [1.54, 1.807) is 38.1 Å². The number of hydrogen-bond acceptors (Lipinski definition) is 4. The van der Waals surface area contributed by atoms with Crippen LogP contribution in [0.1, 0.15) is 25.2 Å². The fraction of sp³-hybridized carbons (Fsp3) is 0.190. The smallest absolute Gasteiger partial charge is 0.334 e. The molecule has 138 valence electrons. The molecule has 0 aliphatic carbocycles. The zero-order valence-electron chi connectivity index (χ0n) is 15.2. The summed E-state index contributed by atoms with van der Waals surface area (Å²) in [6.07, 6.45) is 6.36. The molecule has 2 heterocycles. The Hall–Kier alpha value is -3.41. The summed E-state index contributed by atoms with van der Waals surface area (Å²) in [5, 5.41) is 0. The van der Waals surface area contributed by atoms with E-state index in [1.165, 1.54) is 12.3 Å². The molecule has 1 aliphatic heterocycles. The van der Waals surface area contributed by atoms with Crippen molar-refractivity contribution in [3.63, 3.8) is 0 Å². The first-order valence-corrected chi connectivity index (χ1v) is 8.64. The van der Waals surface area contributed by atoms with Crippen LogP contribution in [0.4, 0.5) is 4.79 Å². The Morgan fingerprint density at radius 2 is 1.74 bits per heavy atom. The maximum absolute atomic E-state index is 12.8. The third kappa shape index (κ3) is 3.89. The van der Waals surface area contributed by atoms with Crippen LogP contribution in [0.3, 0.4) is 0 Å². The van der Waals surface area contributed by atoms with E-state index in [-0.39, 0.29) is 18.2 Å². The van der Waals surface area contributed by atoms with Crippen molar-refractivity contribution in [1.29, 1.82) is 0 Å². The van der Waals surface area contributed by atoms with E-state index < -0.39 is 17.8 Å². The van der Waals surface area contributed by atoms with E-state index in [0.29, 0.717) is 5.76 Å². The quantitative estimate of drug-likeness (QED) is 0.600. The number of imide groups is 2. The van der Waals surface area contributed by atoms with Crippen LogP contribution in [-0.4, -0.2) is 33.7 Å². The molecule has 0 spiro atoms. The lowest BCUT2D eigenvalue weighted by atomic mass is 10.1. The molecule has 27 heavy (non-hydrogen) atoms. The van der Waals surface area contributed by atoms with E-state index in [2.05, 4.69) is 0 Å². The van der Waals surface area contributed by atoms with Gasteiger partial charge in [-0.15, -0.1) is 0 Å². The molecule has 4 amide bonds. The van der Waals surface area contributed by atoms with Crippen molar-refractivity contribution >= 4 is 23.9 Å². The third-order valence-corrected chi connectivity index (χ3v) is 4.12. The maximum Gasteiger partial charge on any atom is 0.334 e. The zero-order valence-corrected chi connectivity index (χ0v) is 15.2. The Balaban J connectivity index is 1.92. The topological polar surface area (TPSA) is 70.8 Å². The second-order valence-electron chi connectivity index (χ2n) is 6.37. The minimum atomic E-state index is -0.638. The van der Waals surface area contributed by atoms with Gasteiger partial charge in [-0.2, -0.15) is 0 Å². The predicted molar refractivity (Wildman–Crippen MR) is 100 cm³/mol. The highest BCUT2D eigenvalue weighted by Crippen LogP contribution is 2.22. The summed E-state index contributed by atoms with van der Waals surface area (Å²) in [7, 11) is 0. The van der Waals surface area contributed by atoms with Gasteiger partial charge in [0, 0.05) is 6.04 Å². The number of carbonyl (C=O) groups is 3. The van der Waals surface area contributed by atoms with Gasteiger partial charge >= 0.3 is 6.03 Å². The minimum Gasteiger partial charge on any atom is -0.467 e. The summed E-state index contributed by atoms with van der Waals surface area (Å²) in [5.74, 6) is -0.752. The highest BCUT2D eigenvalue weighted by atomic mass is 16.3. The van der Waals surface area contributed by atoms with E-state index in [4.69, 9.17) is 4.42 Å². The number of hydrogen-bond donors (Lipinski definition) is 0. The first-order chi connectivity index (χ1) is 13.0. The lowest BCUT2D eigenvalue weighted by molar-refractivity contribution is -0.137. The van der Waals surface area contributed by atoms with Crippen LogP contribution < -0.4 is 0 Å².